The molecule has 0 aliphatic carbocycles. The van der Waals surface area contributed by atoms with Gasteiger partial charge in [0.2, 0.25) is 0 Å². The second-order valence-electron chi connectivity index (χ2n) is 1.08. The molecule has 0 amide bonds. The Morgan fingerprint density at radius 2 is 2.00 bits per heavy atom. The van der Waals surface area contributed by atoms with Gasteiger partial charge >= 0.3 is 17.1 Å². The van der Waals surface area contributed by atoms with Crippen LogP contribution in [0.1, 0.15) is 6.92 Å². The van der Waals surface area contributed by atoms with Crippen molar-refractivity contribution < 1.29 is 22.2 Å². The van der Waals surface area contributed by atoms with Crippen LogP contribution in [0.25, 0.3) is 5.73 Å². The maximum Gasteiger partial charge on any atom is 2.00 e. The van der Waals surface area contributed by atoms with Crippen LogP contribution in [0.5, 0.6) is 0 Å². The first-order valence-electron chi connectivity index (χ1n) is 1.59. The van der Waals surface area contributed by atoms with Gasteiger partial charge in [0.25, 0.3) is 0 Å². The Balaban J connectivity index is 0. The Labute approximate surface area is 48.2 Å². The maximum atomic E-state index is 7.96. The van der Waals surface area contributed by atoms with Gasteiger partial charge in [-0.2, -0.15) is 0 Å². The average Bonchev–Trinajstić information content (AvgIpc) is 1.38. The van der Waals surface area contributed by atoms with Crippen LogP contribution in [0, 0.1) is 0 Å². The molecule has 1 radical (unpaired) electrons. The summed E-state index contributed by atoms with van der Waals surface area (Å²) in [6, 6.07) is -0.310. The topological polar surface area (TPSA) is 44.0 Å². The average molecular weight is 129 g/mol. The summed E-state index contributed by atoms with van der Waals surface area (Å²) in [4.78, 5) is 0. The molecule has 0 aromatic heterocycles. The van der Waals surface area contributed by atoms with Gasteiger partial charge in [0.15, 0.2) is 0 Å². The van der Waals surface area contributed by atoms with Crippen LogP contribution in [0.15, 0.2) is 0 Å². The van der Waals surface area contributed by atoms with Crippen molar-refractivity contribution in [3.05, 3.63) is 5.73 Å². The summed E-state index contributed by atoms with van der Waals surface area (Å²) in [5.74, 6) is 0. The molecule has 0 aliphatic heterocycles. The largest absolute Gasteiger partial charge is 2.00 e. The third-order valence-corrected chi connectivity index (χ3v) is 0.274. The number of aliphatic hydroxyl groups excluding tert-OH is 1. The summed E-state index contributed by atoms with van der Waals surface area (Å²) < 4.78 is 0. The number of nitrogens with one attached hydrogen (secondary N) is 1. The smallest absolute Gasteiger partial charge is 0.673 e. The van der Waals surface area contributed by atoms with Crippen LogP contribution in [-0.4, -0.2) is 17.8 Å². The van der Waals surface area contributed by atoms with Crippen molar-refractivity contribution in [1.29, 1.82) is 0 Å². The number of hydrogen-bond donors (Lipinski definition) is 1. The van der Waals surface area contributed by atoms with Crippen LogP contribution in [-0.2, 0) is 17.1 Å². The zero-order valence-electron chi connectivity index (χ0n) is 3.61. The first-order valence-corrected chi connectivity index (χ1v) is 1.59. The van der Waals surface area contributed by atoms with Crippen molar-refractivity contribution in [2.24, 2.45) is 0 Å². The van der Waals surface area contributed by atoms with E-state index in [4.69, 9.17) is 10.8 Å². The molecule has 0 spiro atoms. The quantitative estimate of drug-likeness (QED) is 0.512. The van der Waals surface area contributed by atoms with Crippen molar-refractivity contribution in [1.82, 2.24) is 0 Å². The summed E-state index contributed by atoms with van der Waals surface area (Å²) in [6.45, 7) is 1.61. The predicted molar refractivity (Wildman–Crippen MR) is 20.9 cm³/mol. The van der Waals surface area contributed by atoms with Gasteiger partial charge in [-0.05, 0) is 0 Å². The van der Waals surface area contributed by atoms with Gasteiger partial charge < -0.3 is 10.8 Å². The molecule has 0 heterocycles. The van der Waals surface area contributed by atoms with E-state index in [1.807, 2.05) is 0 Å². The molecule has 1 atom stereocenters. The van der Waals surface area contributed by atoms with Crippen LogP contribution >= 0.6 is 0 Å². The van der Waals surface area contributed by atoms with Crippen molar-refractivity contribution in [2.75, 3.05) is 6.61 Å². The van der Waals surface area contributed by atoms with Gasteiger partial charge in [0.1, 0.15) is 0 Å². The van der Waals surface area contributed by atoms with E-state index in [1.165, 1.54) is 0 Å². The van der Waals surface area contributed by atoms with Gasteiger partial charge in [-0.3, -0.25) is 0 Å². The molecular weight excluding hydrogens is 121 g/mol. The maximum absolute atomic E-state index is 7.96. The van der Waals surface area contributed by atoms with E-state index in [2.05, 4.69) is 0 Å². The molecule has 0 saturated carbocycles. The number of rotatable bonds is 1. The van der Waals surface area contributed by atoms with Crippen molar-refractivity contribution >= 4 is 0 Å². The predicted octanol–water partition coefficient (Wildman–Crippen LogP) is 0.417. The van der Waals surface area contributed by atoms with E-state index in [1.54, 1.807) is 6.92 Å². The van der Waals surface area contributed by atoms with E-state index in [0.717, 1.165) is 0 Å². The summed E-state index contributed by atoms with van der Waals surface area (Å²) in [5.41, 5.74) is 6.58. The molecule has 0 saturated heterocycles. The van der Waals surface area contributed by atoms with Gasteiger partial charge in [0, 0.05) is 6.61 Å². The van der Waals surface area contributed by atoms with E-state index in [0.29, 0.717) is 0 Å². The Hall–Kier alpha value is 0.439. The number of hydrogen-bond acceptors (Lipinski definition) is 1. The van der Waals surface area contributed by atoms with Crippen LogP contribution in [0.4, 0.5) is 0 Å². The van der Waals surface area contributed by atoms with Crippen molar-refractivity contribution in [3.8, 4) is 0 Å². The molecule has 2 nitrogen and oxygen atoms in total. The molecule has 3 heteroatoms. The van der Waals surface area contributed by atoms with Crippen molar-refractivity contribution in [2.45, 2.75) is 13.0 Å². The molecular formula is C3H8MnNO+. The monoisotopic (exact) mass is 129 g/mol. The second kappa shape index (κ2) is 5.44. The number of aliphatic hydroxyl groups is 1. The van der Waals surface area contributed by atoms with Crippen LogP contribution in [0.2, 0.25) is 0 Å². The van der Waals surface area contributed by atoms with E-state index < -0.39 is 0 Å². The minimum absolute atomic E-state index is 0. The summed E-state index contributed by atoms with van der Waals surface area (Å²) in [6.07, 6.45) is 0. The standard InChI is InChI=1S/C3H8NO.Mn/c1-3(4)2-5;/h3-5H,2H2,1H3;/q-1;+2/t3-;/m0./s1. The Kier molecular flexibility index (Phi) is 8.76. The zero-order valence-corrected chi connectivity index (χ0v) is 4.79. The van der Waals surface area contributed by atoms with Gasteiger partial charge in [-0.15, -0.1) is 6.04 Å². The minimum atomic E-state index is -0.310. The van der Waals surface area contributed by atoms with Crippen LogP contribution in [0.3, 0.4) is 0 Å². The first-order chi connectivity index (χ1) is 2.27. The summed E-state index contributed by atoms with van der Waals surface area (Å²) in [7, 11) is 0. The minimum Gasteiger partial charge on any atom is -0.673 e. The molecule has 0 aromatic rings. The van der Waals surface area contributed by atoms with E-state index in [-0.39, 0.29) is 29.7 Å². The second-order valence-corrected chi connectivity index (χ2v) is 1.08. The third kappa shape index (κ3) is 8.83. The molecule has 2 N–H and O–H groups in total. The Morgan fingerprint density at radius 3 is 2.00 bits per heavy atom. The van der Waals surface area contributed by atoms with Crippen LogP contribution < -0.4 is 0 Å². The summed E-state index contributed by atoms with van der Waals surface area (Å²) in [5, 5.41) is 7.96. The molecule has 0 rings (SSSR count). The van der Waals surface area contributed by atoms with Gasteiger partial charge in [0.05, 0.1) is 0 Å². The fourth-order valence-electron chi connectivity index (χ4n) is 0. The Bertz CT molecular complexity index is 24.8. The van der Waals surface area contributed by atoms with E-state index >= 15 is 0 Å². The molecule has 6 heavy (non-hydrogen) atoms. The summed E-state index contributed by atoms with van der Waals surface area (Å²) >= 11 is 0. The fraction of sp³-hybridized carbons (Fsp3) is 1.00. The molecule has 37 valence electrons. The molecule has 0 bridgehead atoms. The SMILES string of the molecule is C[C@H]([NH-])CO.[Mn+2]. The van der Waals surface area contributed by atoms with Crippen molar-refractivity contribution in [3.63, 3.8) is 0 Å². The normalized spacial score (nSPS) is 12.5. The zero-order chi connectivity index (χ0) is 4.28. The molecule has 0 fully saturated rings. The van der Waals surface area contributed by atoms with Gasteiger partial charge in [-0.1, -0.05) is 6.92 Å². The Morgan fingerprint density at radius 1 is 1.83 bits per heavy atom. The van der Waals surface area contributed by atoms with E-state index in [9.17, 15) is 0 Å². The first kappa shape index (κ1) is 9.67. The third-order valence-electron chi connectivity index (χ3n) is 0.274. The molecule has 0 aromatic carbocycles. The molecule has 0 aliphatic rings. The fourth-order valence-corrected chi connectivity index (χ4v) is 0. The molecule has 0 unspecified atom stereocenters. The van der Waals surface area contributed by atoms with Gasteiger partial charge in [-0.25, -0.2) is 0 Å².